The minimum Gasteiger partial charge on any atom is -0.480 e. The van der Waals surface area contributed by atoms with Crippen molar-refractivity contribution in [2.45, 2.75) is 33.2 Å². The van der Waals surface area contributed by atoms with E-state index in [-0.39, 0.29) is 0 Å². The van der Waals surface area contributed by atoms with E-state index in [1.54, 1.807) is 32.1 Å². The second-order valence-electron chi connectivity index (χ2n) is 5.49. The summed E-state index contributed by atoms with van der Waals surface area (Å²) in [5, 5.41) is 14.3. The number of halogens is 1. The van der Waals surface area contributed by atoms with Gasteiger partial charge in [0.1, 0.15) is 6.04 Å². The minimum atomic E-state index is -1.03. The van der Waals surface area contributed by atoms with Crippen LogP contribution in [0, 0.1) is 5.41 Å². The Balaban J connectivity index is 2.41. The van der Waals surface area contributed by atoms with E-state index in [1.807, 2.05) is 12.1 Å². The number of nitrogens with one attached hydrogen (secondary N) is 2. The zero-order chi connectivity index (χ0) is 15.3. The van der Waals surface area contributed by atoms with Crippen molar-refractivity contribution in [3.05, 3.63) is 20.8 Å². The third-order valence-corrected chi connectivity index (χ3v) is 4.36. The second kappa shape index (κ2) is 7.08. The van der Waals surface area contributed by atoms with Gasteiger partial charge in [0.15, 0.2) is 0 Å². The first-order valence-electron chi connectivity index (χ1n) is 6.21. The van der Waals surface area contributed by atoms with E-state index in [9.17, 15) is 9.59 Å². The summed E-state index contributed by atoms with van der Waals surface area (Å²) >= 11 is 4.99. The third kappa shape index (κ3) is 5.50. The van der Waals surface area contributed by atoms with Crippen LogP contribution in [0.5, 0.6) is 0 Å². The van der Waals surface area contributed by atoms with E-state index in [0.717, 1.165) is 15.1 Å². The molecule has 0 aliphatic carbocycles. The molecule has 0 bridgehead atoms. The Bertz CT molecular complexity index is 482. The minimum absolute atomic E-state index is 0.456. The lowest BCUT2D eigenvalue weighted by atomic mass is 9.87. The van der Waals surface area contributed by atoms with Gasteiger partial charge in [-0.3, -0.25) is 0 Å². The molecule has 20 heavy (non-hydrogen) atoms. The van der Waals surface area contributed by atoms with Gasteiger partial charge in [0, 0.05) is 11.4 Å². The first kappa shape index (κ1) is 17.0. The van der Waals surface area contributed by atoms with Gasteiger partial charge in [-0.1, -0.05) is 20.8 Å². The van der Waals surface area contributed by atoms with Crippen LogP contribution >= 0.6 is 27.3 Å². The molecule has 0 radical (unpaired) electrons. The van der Waals surface area contributed by atoms with E-state index in [4.69, 9.17) is 5.11 Å². The van der Waals surface area contributed by atoms with Gasteiger partial charge in [-0.2, -0.15) is 0 Å². The molecular formula is C13H19BrN2O3S. The molecule has 1 aromatic rings. The summed E-state index contributed by atoms with van der Waals surface area (Å²) in [7, 11) is 0. The van der Waals surface area contributed by atoms with Crippen molar-refractivity contribution in [2.75, 3.05) is 6.54 Å². The molecule has 5 nitrogen and oxygen atoms in total. The monoisotopic (exact) mass is 362 g/mol. The van der Waals surface area contributed by atoms with Crippen molar-refractivity contribution >= 4 is 39.3 Å². The fourth-order valence-electron chi connectivity index (χ4n) is 1.62. The molecule has 1 rings (SSSR count). The van der Waals surface area contributed by atoms with Gasteiger partial charge in [0.2, 0.25) is 0 Å². The summed E-state index contributed by atoms with van der Waals surface area (Å²) in [6.07, 6.45) is 0.719. The molecule has 0 aromatic carbocycles. The summed E-state index contributed by atoms with van der Waals surface area (Å²) in [6, 6.07) is 2.57. The van der Waals surface area contributed by atoms with E-state index in [1.165, 1.54) is 0 Å². The van der Waals surface area contributed by atoms with Gasteiger partial charge in [0.05, 0.1) is 3.79 Å². The van der Waals surface area contributed by atoms with Crippen LogP contribution in [0.1, 0.15) is 25.6 Å². The first-order valence-corrected chi connectivity index (χ1v) is 7.82. The van der Waals surface area contributed by atoms with E-state index in [2.05, 4.69) is 26.6 Å². The largest absolute Gasteiger partial charge is 0.480 e. The van der Waals surface area contributed by atoms with Crippen LogP contribution < -0.4 is 10.6 Å². The van der Waals surface area contributed by atoms with Gasteiger partial charge < -0.3 is 15.7 Å². The maximum absolute atomic E-state index is 11.7. The standard InChI is InChI=1S/C13H19BrN2O3S/c1-13(2,3)10(11(17)18)16-12(19)15-7-6-8-4-5-9(14)20-8/h4-5,10H,6-7H2,1-3H3,(H,17,18)(H2,15,16,19)/t10-/m1/s1. The SMILES string of the molecule is CC(C)(C)[C@H](NC(=O)NCCc1ccc(Br)s1)C(=O)O. The number of carboxylic acids is 1. The Morgan fingerprint density at radius 1 is 1.40 bits per heavy atom. The number of rotatable bonds is 5. The fraction of sp³-hybridized carbons (Fsp3) is 0.538. The Morgan fingerprint density at radius 3 is 2.50 bits per heavy atom. The van der Waals surface area contributed by atoms with Gasteiger partial charge in [-0.05, 0) is 39.9 Å². The molecule has 0 spiro atoms. The van der Waals surface area contributed by atoms with Crippen LogP contribution in [0.25, 0.3) is 0 Å². The molecule has 0 fully saturated rings. The highest BCUT2D eigenvalue weighted by Gasteiger charge is 2.32. The summed E-state index contributed by atoms with van der Waals surface area (Å²) in [6.45, 7) is 5.79. The number of thiophene rings is 1. The molecule has 0 saturated carbocycles. The van der Waals surface area contributed by atoms with Crippen LogP contribution in [-0.4, -0.2) is 29.7 Å². The number of hydrogen-bond acceptors (Lipinski definition) is 3. The number of carbonyl (C=O) groups excluding carboxylic acids is 1. The van der Waals surface area contributed by atoms with Crippen molar-refractivity contribution in [2.24, 2.45) is 5.41 Å². The maximum atomic E-state index is 11.7. The van der Waals surface area contributed by atoms with Crippen LogP contribution in [0.15, 0.2) is 15.9 Å². The average Bonchev–Trinajstić information content (AvgIpc) is 2.70. The van der Waals surface area contributed by atoms with Gasteiger partial charge in [0.25, 0.3) is 0 Å². The lowest BCUT2D eigenvalue weighted by molar-refractivity contribution is -0.141. The lowest BCUT2D eigenvalue weighted by Crippen LogP contribution is -2.52. The lowest BCUT2D eigenvalue weighted by Gasteiger charge is -2.27. The zero-order valence-corrected chi connectivity index (χ0v) is 14.1. The Labute approximate surface area is 130 Å². The van der Waals surface area contributed by atoms with E-state index in [0.29, 0.717) is 6.54 Å². The highest BCUT2D eigenvalue weighted by atomic mass is 79.9. The van der Waals surface area contributed by atoms with Gasteiger partial charge >= 0.3 is 12.0 Å². The molecule has 0 aliphatic rings. The molecule has 3 N–H and O–H groups in total. The average molecular weight is 363 g/mol. The number of amides is 2. The predicted molar refractivity (Wildman–Crippen MR) is 83.1 cm³/mol. The van der Waals surface area contributed by atoms with Crippen LogP contribution in [-0.2, 0) is 11.2 Å². The normalized spacial score (nSPS) is 12.8. The number of carboxylic acid groups (broad SMARTS) is 1. The Hall–Kier alpha value is -1.08. The zero-order valence-electron chi connectivity index (χ0n) is 11.7. The highest BCUT2D eigenvalue weighted by Crippen LogP contribution is 2.22. The van der Waals surface area contributed by atoms with Crippen LogP contribution in [0.3, 0.4) is 0 Å². The van der Waals surface area contributed by atoms with Crippen molar-refractivity contribution in [3.63, 3.8) is 0 Å². The molecule has 7 heteroatoms. The van der Waals surface area contributed by atoms with Crippen molar-refractivity contribution in [1.29, 1.82) is 0 Å². The number of aliphatic carboxylic acids is 1. The summed E-state index contributed by atoms with van der Waals surface area (Å²) in [5.74, 6) is -1.03. The summed E-state index contributed by atoms with van der Waals surface area (Å²) < 4.78 is 1.05. The van der Waals surface area contributed by atoms with Crippen molar-refractivity contribution in [3.8, 4) is 0 Å². The molecule has 1 aromatic heterocycles. The van der Waals surface area contributed by atoms with Crippen molar-refractivity contribution < 1.29 is 14.7 Å². The molecule has 0 aliphatic heterocycles. The quantitative estimate of drug-likeness (QED) is 0.753. The second-order valence-corrected chi connectivity index (χ2v) is 8.04. The Morgan fingerprint density at radius 2 is 2.05 bits per heavy atom. The topological polar surface area (TPSA) is 78.4 Å². The molecule has 112 valence electrons. The molecule has 0 saturated heterocycles. The molecular weight excluding hydrogens is 344 g/mol. The number of urea groups is 1. The molecule has 2 amide bonds. The third-order valence-electron chi connectivity index (χ3n) is 2.67. The first-order chi connectivity index (χ1) is 9.20. The Kier molecular flexibility index (Phi) is 6.01. The fourth-order valence-corrected chi connectivity index (χ4v) is 3.10. The highest BCUT2D eigenvalue weighted by molar-refractivity contribution is 9.11. The summed E-state index contributed by atoms with van der Waals surface area (Å²) in [5.41, 5.74) is -0.540. The molecule has 1 atom stereocenters. The predicted octanol–water partition coefficient (Wildman–Crippen LogP) is 2.85. The van der Waals surface area contributed by atoms with Gasteiger partial charge in [-0.15, -0.1) is 11.3 Å². The van der Waals surface area contributed by atoms with Gasteiger partial charge in [-0.25, -0.2) is 9.59 Å². The number of hydrogen-bond donors (Lipinski definition) is 3. The smallest absolute Gasteiger partial charge is 0.326 e. The van der Waals surface area contributed by atoms with Crippen LogP contribution in [0.4, 0.5) is 4.79 Å². The summed E-state index contributed by atoms with van der Waals surface area (Å²) in [4.78, 5) is 24.0. The number of carbonyl (C=O) groups is 2. The van der Waals surface area contributed by atoms with E-state index < -0.39 is 23.5 Å². The maximum Gasteiger partial charge on any atom is 0.326 e. The molecule has 0 unspecified atom stereocenters. The van der Waals surface area contributed by atoms with Crippen molar-refractivity contribution in [1.82, 2.24) is 10.6 Å². The van der Waals surface area contributed by atoms with E-state index >= 15 is 0 Å². The van der Waals surface area contributed by atoms with Crippen LogP contribution in [0.2, 0.25) is 0 Å². The molecule has 1 heterocycles.